The fraction of sp³-hybridized carbons (Fsp3) is 0.333. The lowest BCUT2D eigenvalue weighted by molar-refractivity contribution is 0.628. The Morgan fingerprint density at radius 1 is 1.25 bits per heavy atom. The number of aromatic nitrogens is 2. The highest BCUT2D eigenvalue weighted by Crippen LogP contribution is 2.25. The summed E-state index contributed by atoms with van der Waals surface area (Å²) in [6.07, 6.45) is 2.81. The number of hydrogen-bond donors (Lipinski definition) is 1. The Labute approximate surface area is 118 Å². The Morgan fingerprint density at radius 3 is 2.60 bits per heavy atom. The van der Waals surface area contributed by atoms with Gasteiger partial charge in [0.2, 0.25) is 5.95 Å². The molecule has 0 aliphatic heterocycles. The third kappa shape index (κ3) is 3.23. The van der Waals surface area contributed by atoms with E-state index in [0.717, 1.165) is 30.0 Å². The van der Waals surface area contributed by atoms with Crippen LogP contribution in [-0.2, 0) is 0 Å². The van der Waals surface area contributed by atoms with Crippen molar-refractivity contribution in [3.05, 3.63) is 41.8 Å². The van der Waals surface area contributed by atoms with Crippen molar-refractivity contribution in [2.45, 2.75) is 20.3 Å². The summed E-state index contributed by atoms with van der Waals surface area (Å²) in [5.41, 5.74) is 1.86. The molecule has 0 atom stereocenters. The van der Waals surface area contributed by atoms with Crippen LogP contribution in [0.3, 0.4) is 0 Å². The molecule has 0 aliphatic carbocycles. The molecule has 1 aromatic carbocycles. The van der Waals surface area contributed by atoms with Gasteiger partial charge in [-0.3, -0.25) is 0 Å². The highest BCUT2D eigenvalue weighted by molar-refractivity contribution is 5.62. The van der Waals surface area contributed by atoms with E-state index in [4.69, 9.17) is 0 Å². The molecule has 0 fully saturated rings. The maximum absolute atomic E-state index is 13.0. The summed E-state index contributed by atoms with van der Waals surface area (Å²) in [6.45, 7) is 4.88. The van der Waals surface area contributed by atoms with Crippen LogP contribution in [0.25, 0.3) is 0 Å². The zero-order valence-electron chi connectivity index (χ0n) is 12.0. The SMILES string of the molecule is CCCNc1ncc(C)c(N(C)c2ccc(F)cc2)n1. The van der Waals surface area contributed by atoms with Crippen molar-refractivity contribution in [2.75, 3.05) is 23.8 Å². The molecule has 0 unspecified atom stereocenters. The van der Waals surface area contributed by atoms with E-state index in [0.29, 0.717) is 5.95 Å². The summed E-state index contributed by atoms with van der Waals surface area (Å²) in [4.78, 5) is 10.7. The van der Waals surface area contributed by atoms with Crippen LogP contribution in [0.2, 0.25) is 0 Å². The van der Waals surface area contributed by atoms with Crippen molar-refractivity contribution >= 4 is 17.5 Å². The van der Waals surface area contributed by atoms with Crippen LogP contribution in [0.15, 0.2) is 30.5 Å². The van der Waals surface area contributed by atoms with Crippen molar-refractivity contribution < 1.29 is 4.39 Å². The molecular formula is C15H19FN4. The van der Waals surface area contributed by atoms with Gasteiger partial charge in [-0.25, -0.2) is 9.37 Å². The van der Waals surface area contributed by atoms with Gasteiger partial charge in [-0.1, -0.05) is 6.92 Å². The van der Waals surface area contributed by atoms with Crippen LogP contribution in [0, 0.1) is 12.7 Å². The van der Waals surface area contributed by atoms with Crippen molar-refractivity contribution in [1.82, 2.24) is 9.97 Å². The summed E-state index contributed by atoms with van der Waals surface area (Å²) >= 11 is 0. The summed E-state index contributed by atoms with van der Waals surface area (Å²) in [7, 11) is 1.91. The van der Waals surface area contributed by atoms with Gasteiger partial charge in [-0.05, 0) is 37.6 Å². The second-order valence-corrected chi connectivity index (χ2v) is 4.66. The topological polar surface area (TPSA) is 41.1 Å². The van der Waals surface area contributed by atoms with Crippen molar-refractivity contribution in [2.24, 2.45) is 0 Å². The second-order valence-electron chi connectivity index (χ2n) is 4.66. The van der Waals surface area contributed by atoms with Crippen molar-refractivity contribution in [3.8, 4) is 0 Å². The molecule has 0 spiro atoms. The Morgan fingerprint density at radius 2 is 1.95 bits per heavy atom. The van der Waals surface area contributed by atoms with Gasteiger partial charge >= 0.3 is 0 Å². The normalized spacial score (nSPS) is 10.4. The molecule has 0 radical (unpaired) electrons. The van der Waals surface area contributed by atoms with E-state index < -0.39 is 0 Å². The number of nitrogens with one attached hydrogen (secondary N) is 1. The summed E-state index contributed by atoms with van der Waals surface area (Å²) in [5, 5.41) is 3.17. The van der Waals surface area contributed by atoms with Gasteiger partial charge in [0.05, 0.1) is 0 Å². The summed E-state index contributed by atoms with van der Waals surface area (Å²) < 4.78 is 13.0. The lowest BCUT2D eigenvalue weighted by Crippen LogP contribution is -2.15. The zero-order valence-corrected chi connectivity index (χ0v) is 12.0. The molecule has 1 aromatic heterocycles. The summed E-state index contributed by atoms with van der Waals surface area (Å²) in [5.74, 6) is 1.18. The molecule has 0 aliphatic rings. The van der Waals surface area contributed by atoms with E-state index in [2.05, 4.69) is 22.2 Å². The first-order chi connectivity index (χ1) is 9.61. The number of anilines is 3. The molecule has 5 heteroatoms. The highest BCUT2D eigenvalue weighted by Gasteiger charge is 2.10. The number of halogens is 1. The molecule has 2 aromatic rings. The lowest BCUT2D eigenvalue weighted by Gasteiger charge is -2.20. The van der Waals surface area contributed by atoms with Crippen LogP contribution in [-0.4, -0.2) is 23.6 Å². The smallest absolute Gasteiger partial charge is 0.224 e. The molecule has 0 saturated carbocycles. The fourth-order valence-electron chi connectivity index (χ4n) is 1.88. The van der Waals surface area contributed by atoms with Gasteiger partial charge in [0.1, 0.15) is 11.6 Å². The van der Waals surface area contributed by atoms with E-state index in [1.165, 1.54) is 12.1 Å². The zero-order chi connectivity index (χ0) is 14.5. The molecule has 1 heterocycles. The lowest BCUT2D eigenvalue weighted by atomic mass is 10.2. The van der Waals surface area contributed by atoms with E-state index >= 15 is 0 Å². The van der Waals surface area contributed by atoms with Gasteiger partial charge in [0, 0.05) is 31.0 Å². The van der Waals surface area contributed by atoms with Gasteiger partial charge in [-0.15, -0.1) is 0 Å². The Balaban J connectivity index is 2.28. The van der Waals surface area contributed by atoms with Crippen molar-refractivity contribution in [3.63, 3.8) is 0 Å². The van der Waals surface area contributed by atoms with Gasteiger partial charge < -0.3 is 10.2 Å². The van der Waals surface area contributed by atoms with E-state index in [-0.39, 0.29) is 5.82 Å². The largest absolute Gasteiger partial charge is 0.354 e. The monoisotopic (exact) mass is 274 g/mol. The second kappa shape index (κ2) is 6.32. The molecule has 0 bridgehead atoms. The first kappa shape index (κ1) is 14.2. The third-order valence-corrected chi connectivity index (χ3v) is 3.01. The Bertz CT molecular complexity index is 569. The van der Waals surface area contributed by atoms with Crippen LogP contribution in [0.4, 0.5) is 21.8 Å². The standard InChI is InChI=1S/C15H19FN4/c1-4-9-17-15-18-10-11(2)14(19-15)20(3)13-7-5-12(16)6-8-13/h5-8,10H,4,9H2,1-3H3,(H,17,18,19). The molecular weight excluding hydrogens is 255 g/mol. The van der Waals surface area contributed by atoms with Gasteiger partial charge in [0.15, 0.2) is 0 Å². The van der Waals surface area contributed by atoms with E-state index in [1.54, 1.807) is 18.3 Å². The minimum absolute atomic E-state index is 0.244. The van der Waals surface area contributed by atoms with E-state index in [9.17, 15) is 4.39 Å². The van der Waals surface area contributed by atoms with Gasteiger partial charge in [-0.2, -0.15) is 4.98 Å². The average Bonchev–Trinajstić information content (AvgIpc) is 2.46. The maximum Gasteiger partial charge on any atom is 0.224 e. The molecule has 1 N–H and O–H groups in total. The molecule has 0 saturated heterocycles. The van der Waals surface area contributed by atoms with Crippen LogP contribution < -0.4 is 10.2 Å². The quantitative estimate of drug-likeness (QED) is 0.905. The third-order valence-electron chi connectivity index (χ3n) is 3.01. The number of nitrogens with zero attached hydrogens (tertiary/aromatic N) is 3. The summed E-state index contributed by atoms with van der Waals surface area (Å²) in [6, 6.07) is 6.35. The minimum Gasteiger partial charge on any atom is -0.354 e. The maximum atomic E-state index is 13.0. The first-order valence-corrected chi connectivity index (χ1v) is 6.68. The average molecular weight is 274 g/mol. The number of aryl methyl sites for hydroxylation is 1. The van der Waals surface area contributed by atoms with Gasteiger partial charge in [0.25, 0.3) is 0 Å². The van der Waals surface area contributed by atoms with E-state index in [1.807, 2.05) is 18.9 Å². The number of benzene rings is 1. The minimum atomic E-state index is -0.244. The van der Waals surface area contributed by atoms with Crippen LogP contribution in [0.1, 0.15) is 18.9 Å². The van der Waals surface area contributed by atoms with Crippen LogP contribution in [0.5, 0.6) is 0 Å². The van der Waals surface area contributed by atoms with Crippen LogP contribution >= 0.6 is 0 Å². The fourth-order valence-corrected chi connectivity index (χ4v) is 1.88. The number of rotatable bonds is 5. The predicted octanol–water partition coefficient (Wildman–Crippen LogP) is 3.51. The Hall–Kier alpha value is -2.17. The predicted molar refractivity (Wildman–Crippen MR) is 80.0 cm³/mol. The molecule has 106 valence electrons. The highest BCUT2D eigenvalue weighted by atomic mass is 19.1. The number of hydrogen-bond acceptors (Lipinski definition) is 4. The molecule has 4 nitrogen and oxygen atoms in total. The Kier molecular flexibility index (Phi) is 4.50. The molecule has 0 amide bonds. The molecule has 2 rings (SSSR count). The molecule has 20 heavy (non-hydrogen) atoms. The van der Waals surface area contributed by atoms with Crippen molar-refractivity contribution in [1.29, 1.82) is 0 Å². The first-order valence-electron chi connectivity index (χ1n) is 6.68.